The number of hydrogen-bond donors (Lipinski definition) is 3. The summed E-state index contributed by atoms with van der Waals surface area (Å²) in [7, 11) is 0. The van der Waals surface area contributed by atoms with Crippen LogP contribution in [-0.2, 0) is 11.2 Å². The van der Waals surface area contributed by atoms with Crippen molar-refractivity contribution in [3.8, 4) is 5.75 Å². The molecule has 0 spiro atoms. The summed E-state index contributed by atoms with van der Waals surface area (Å²) in [5.74, 6) is -0.384. The minimum atomic E-state index is -0.784. The Morgan fingerprint density at radius 1 is 1.14 bits per heavy atom. The highest BCUT2D eigenvalue weighted by atomic mass is 127. The molecule has 3 rings (SSSR count). The smallest absolute Gasteiger partial charge is 0.426 e. The van der Waals surface area contributed by atoms with E-state index in [4.69, 9.17) is 9.47 Å². The molecule has 7 nitrogen and oxygen atoms in total. The molecule has 0 radical (unpaired) electrons. The van der Waals surface area contributed by atoms with Crippen LogP contribution < -0.4 is 20.9 Å². The second kappa shape index (κ2) is 8.44. The van der Waals surface area contributed by atoms with E-state index in [1.807, 2.05) is 22.6 Å². The lowest BCUT2D eigenvalue weighted by Gasteiger charge is -2.20. The van der Waals surface area contributed by atoms with Gasteiger partial charge in [0.2, 0.25) is 0 Å². The van der Waals surface area contributed by atoms with Crippen LogP contribution in [0, 0.1) is 9.39 Å². The van der Waals surface area contributed by atoms with E-state index in [0.29, 0.717) is 24.5 Å². The van der Waals surface area contributed by atoms with E-state index >= 15 is 0 Å². The van der Waals surface area contributed by atoms with E-state index in [2.05, 4.69) is 16.2 Å². The molecule has 0 unspecified atom stereocenters. The van der Waals surface area contributed by atoms with Gasteiger partial charge < -0.3 is 14.8 Å². The maximum absolute atomic E-state index is 14.3. The largest absolute Gasteiger partial charge is 0.493 e. The fourth-order valence-electron chi connectivity index (χ4n) is 2.73. The number of hydrogen-bond acceptors (Lipinski definition) is 5. The van der Waals surface area contributed by atoms with Crippen LogP contribution in [0.25, 0.3) is 0 Å². The van der Waals surface area contributed by atoms with E-state index < -0.39 is 23.4 Å². The van der Waals surface area contributed by atoms with Crippen molar-refractivity contribution >= 4 is 46.0 Å². The molecule has 0 bridgehead atoms. The number of carbonyl (C=O) groups is 2. The maximum Gasteiger partial charge on any atom is 0.426 e. The number of amides is 2. The Balaban J connectivity index is 1.83. The van der Waals surface area contributed by atoms with Crippen molar-refractivity contribution in [1.29, 1.82) is 0 Å². The fourth-order valence-corrected chi connectivity index (χ4v) is 3.18. The molecule has 9 heteroatoms. The van der Waals surface area contributed by atoms with Crippen molar-refractivity contribution in [2.24, 2.45) is 0 Å². The lowest BCUT2D eigenvalue weighted by Crippen LogP contribution is -2.44. The highest BCUT2D eigenvalue weighted by Crippen LogP contribution is 2.34. The van der Waals surface area contributed by atoms with Crippen LogP contribution in [0.15, 0.2) is 30.3 Å². The molecule has 1 heterocycles. The SMILES string of the molecule is CC(C)(C)OC(=O)NNC(=O)c1cc2c(cc1Nc1ccc(I)cc1F)OCC2. The second-order valence-electron chi connectivity index (χ2n) is 7.43. The molecule has 2 amide bonds. The number of anilines is 2. The molecule has 1 aliphatic heterocycles. The average molecular weight is 513 g/mol. The molecule has 3 N–H and O–H groups in total. The van der Waals surface area contributed by atoms with E-state index in [1.165, 1.54) is 6.07 Å². The number of fused-ring (bicyclic) bond motifs is 1. The zero-order valence-electron chi connectivity index (χ0n) is 16.2. The van der Waals surface area contributed by atoms with Crippen molar-refractivity contribution in [1.82, 2.24) is 10.9 Å². The Morgan fingerprint density at radius 2 is 1.90 bits per heavy atom. The van der Waals surface area contributed by atoms with E-state index in [0.717, 1.165) is 9.13 Å². The molecule has 1 aliphatic rings. The van der Waals surface area contributed by atoms with Crippen molar-refractivity contribution in [3.05, 3.63) is 50.8 Å². The third-order valence-corrected chi connectivity index (χ3v) is 4.62. The van der Waals surface area contributed by atoms with Gasteiger partial charge in [-0.05, 0) is 73.2 Å². The van der Waals surface area contributed by atoms with E-state index in [1.54, 1.807) is 45.0 Å². The fraction of sp³-hybridized carbons (Fsp3) is 0.300. The summed E-state index contributed by atoms with van der Waals surface area (Å²) in [6.45, 7) is 5.65. The zero-order valence-corrected chi connectivity index (χ0v) is 18.3. The summed E-state index contributed by atoms with van der Waals surface area (Å²) >= 11 is 2.02. The van der Waals surface area contributed by atoms with E-state index in [-0.39, 0.29) is 11.3 Å². The number of rotatable bonds is 3. The Kier molecular flexibility index (Phi) is 6.15. The van der Waals surface area contributed by atoms with Gasteiger partial charge >= 0.3 is 6.09 Å². The Bertz CT molecular complexity index is 959. The minimum Gasteiger partial charge on any atom is -0.493 e. The Morgan fingerprint density at radius 3 is 2.59 bits per heavy atom. The van der Waals surface area contributed by atoms with Crippen molar-refractivity contribution in [2.45, 2.75) is 32.8 Å². The first-order chi connectivity index (χ1) is 13.6. The lowest BCUT2D eigenvalue weighted by atomic mass is 10.1. The maximum atomic E-state index is 14.3. The summed E-state index contributed by atoms with van der Waals surface area (Å²) in [5, 5.41) is 2.94. The number of benzene rings is 2. The summed E-state index contributed by atoms with van der Waals surface area (Å²) in [6.07, 6.45) is -0.124. The summed E-state index contributed by atoms with van der Waals surface area (Å²) < 4.78 is 25.7. The van der Waals surface area contributed by atoms with Crippen LogP contribution in [0.4, 0.5) is 20.6 Å². The molecule has 2 aromatic carbocycles. The molecule has 154 valence electrons. The van der Waals surface area contributed by atoms with Crippen molar-refractivity contribution in [2.75, 3.05) is 11.9 Å². The standard InChI is InChI=1S/C20H21FIN3O4/c1-20(2,3)29-19(27)25-24-18(26)13-8-11-6-7-28-17(11)10-16(13)23-15-5-4-12(22)9-14(15)21/h4-5,8-10,23H,6-7H2,1-3H3,(H,24,26)(H,25,27). The number of halogens is 2. The number of hydrazine groups is 1. The van der Waals surface area contributed by atoms with Gasteiger partial charge in [-0.1, -0.05) is 0 Å². The quantitative estimate of drug-likeness (QED) is 0.422. The molecular formula is C20H21FIN3O4. The van der Waals surface area contributed by atoms with Crippen LogP contribution in [0.5, 0.6) is 5.75 Å². The average Bonchev–Trinajstić information content (AvgIpc) is 3.07. The van der Waals surface area contributed by atoms with Gasteiger partial charge in [0.05, 0.1) is 23.5 Å². The number of carbonyl (C=O) groups excluding carboxylic acids is 2. The van der Waals surface area contributed by atoms with Crippen molar-refractivity contribution < 1.29 is 23.5 Å². The van der Waals surface area contributed by atoms with Gasteiger partial charge in [-0.2, -0.15) is 0 Å². The van der Waals surface area contributed by atoms with Crippen LogP contribution in [0.1, 0.15) is 36.7 Å². The zero-order chi connectivity index (χ0) is 21.2. The minimum absolute atomic E-state index is 0.220. The van der Waals surface area contributed by atoms with Gasteiger partial charge in [0.1, 0.15) is 17.2 Å². The monoisotopic (exact) mass is 513 g/mol. The molecule has 0 fully saturated rings. The van der Waals surface area contributed by atoms with Gasteiger partial charge in [0.15, 0.2) is 0 Å². The first-order valence-electron chi connectivity index (χ1n) is 8.93. The second-order valence-corrected chi connectivity index (χ2v) is 8.68. The molecule has 0 saturated heterocycles. The summed E-state index contributed by atoms with van der Waals surface area (Å²) in [6, 6.07) is 8.05. The Hall–Kier alpha value is -2.56. The topological polar surface area (TPSA) is 88.7 Å². The van der Waals surface area contributed by atoms with Gasteiger partial charge in [0, 0.05) is 16.1 Å². The normalized spacial score (nSPS) is 12.6. The number of nitrogens with one attached hydrogen (secondary N) is 3. The van der Waals surface area contributed by atoms with Crippen molar-refractivity contribution in [3.63, 3.8) is 0 Å². The van der Waals surface area contributed by atoms with Crippen LogP contribution in [-0.4, -0.2) is 24.2 Å². The van der Waals surface area contributed by atoms with Gasteiger partial charge in [0.25, 0.3) is 5.91 Å². The van der Waals surface area contributed by atoms with Gasteiger partial charge in [-0.15, -0.1) is 0 Å². The third-order valence-electron chi connectivity index (χ3n) is 3.95. The molecule has 0 saturated carbocycles. The van der Waals surface area contributed by atoms with Crippen LogP contribution in [0.2, 0.25) is 0 Å². The van der Waals surface area contributed by atoms with Crippen LogP contribution >= 0.6 is 22.6 Å². The lowest BCUT2D eigenvalue weighted by molar-refractivity contribution is 0.0483. The van der Waals surface area contributed by atoms with E-state index in [9.17, 15) is 14.0 Å². The first-order valence-corrected chi connectivity index (χ1v) is 10.0. The third kappa shape index (κ3) is 5.49. The van der Waals surface area contributed by atoms with Gasteiger partial charge in [-0.3, -0.25) is 10.2 Å². The molecule has 0 atom stereocenters. The highest BCUT2D eigenvalue weighted by Gasteiger charge is 2.22. The molecule has 0 aliphatic carbocycles. The molecule has 0 aromatic heterocycles. The molecule has 2 aromatic rings. The summed E-state index contributed by atoms with van der Waals surface area (Å²) in [4.78, 5) is 24.5. The van der Waals surface area contributed by atoms with Crippen LogP contribution in [0.3, 0.4) is 0 Å². The molecular weight excluding hydrogens is 492 g/mol. The predicted octanol–water partition coefficient (Wildman–Crippen LogP) is 4.28. The molecule has 29 heavy (non-hydrogen) atoms. The van der Waals surface area contributed by atoms with Gasteiger partial charge in [-0.25, -0.2) is 14.6 Å². The number of ether oxygens (including phenoxy) is 2. The predicted molar refractivity (Wildman–Crippen MR) is 115 cm³/mol. The summed E-state index contributed by atoms with van der Waals surface area (Å²) in [5.41, 5.74) is 5.52. The Labute approximate surface area is 181 Å². The first kappa shape index (κ1) is 21.2. The highest BCUT2D eigenvalue weighted by molar-refractivity contribution is 14.1.